The van der Waals surface area contributed by atoms with E-state index in [1.54, 1.807) is 38.3 Å². The third kappa shape index (κ3) is 3.93. The number of nitrogens with one attached hydrogen (secondary N) is 1. The third-order valence-corrected chi connectivity index (χ3v) is 3.18. The summed E-state index contributed by atoms with van der Waals surface area (Å²) in [6.45, 7) is 1.77. The van der Waals surface area contributed by atoms with Gasteiger partial charge in [0.05, 0.1) is 12.8 Å². The predicted molar refractivity (Wildman–Crippen MR) is 84.7 cm³/mol. The average Bonchev–Trinajstić information content (AvgIpc) is 2.59. The Hall–Kier alpha value is -2.66. The summed E-state index contributed by atoms with van der Waals surface area (Å²) in [7, 11) is 1.59. The monoisotopic (exact) mass is 298 g/mol. The fraction of sp³-hybridized carbons (Fsp3) is 0.176. The standard InChI is InChI=1S/C17H18N2O3/c1-12(14-9-6-10-15(11-14)22-2)18-19-17(21)16(20)13-7-4-3-5-8-13/h3-11,16,20H,1-2H3,(H,19,21)/b18-12-. The molecule has 0 heterocycles. The maximum atomic E-state index is 11.9. The van der Waals surface area contributed by atoms with Gasteiger partial charge in [0, 0.05) is 5.56 Å². The number of hydrazone groups is 1. The SMILES string of the molecule is COc1cccc(/C(C)=N\NC(=O)C(O)c2ccccc2)c1. The topological polar surface area (TPSA) is 70.9 Å². The van der Waals surface area contributed by atoms with Gasteiger partial charge in [-0.15, -0.1) is 0 Å². The Morgan fingerprint density at radius 3 is 2.59 bits per heavy atom. The molecule has 0 aromatic heterocycles. The van der Waals surface area contributed by atoms with Crippen LogP contribution in [0.4, 0.5) is 0 Å². The normalized spacial score (nSPS) is 12.6. The van der Waals surface area contributed by atoms with Crippen molar-refractivity contribution in [2.75, 3.05) is 7.11 Å². The van der Waals surface area contributed by atoms with E-state index >= 15 is 0 Å². The van der Waals surface area contributed by atoms with Gasteiger partial charge in [-0.1, -0.05) is 42.5 Å². The van der Waals surface area contributed by atoms with Gasteiger partial charge in [-0.25, -0.2) is 5.43 Å². The molecule has 0 radical (unpaired) electrons. The number of carbonyl (C=O) groups excluding carboxylic acids is 1. The van der Waals surface area contributed by atoms with Crippen LogP contribution in [-0.2, 0) is 4.79 Å². The first kappa shape index (κ1) is 15.7. The molecule has 0 fully saturated rings. The van der Waals surface area contributed by atoms with E-state index in [1.807, 2.05) is 30.3 Å². The summed E-state index contributed by atoms with van der Waals surface area (Å²) in [5, 5.41) is 14.0. The second kappa shape index (κ2) is 7.38. The van der Waals surface area contributed by atoms with Gasteiger partial charge in [0.25, 0.3) is 5.91 Å². The lowest BCUT2D eigenvalue weighted by atomic mass is 10.1. The number of benzene rings is 2. The fourth-order valence-electron chi connectivity index (χ4n) is 1.90. The first-order valence-corrected chi connectivity index (χ1v) is 6.83. The second-order valence-electron chi connectivity index (χ2n) is 4.72. The zero-order chi connectivity index (χ0) is 15.9. The van der Waals surface area contributed by atoms with E-state index in [4.69, 9.17) is 4.74 Å². The largest absolute Gasteiger partial charge is 0.497 e. The first-order valence-electron chi connectivity index (χ1n) is 6.83. The number of nitrogens with zero attached hydrogens (tertiary/aromatic N) is 1. The molecule has 1 unspecified atom stereocenters. The molecule has 0 aliphatic heterocycles. The van der Waals surface area contributed by atoms with Crippen LogP contribution in [0.5, 0.6) is 5.75 Å². The van der Waals surface area contributed by atoms with Gasteiger partial charge in [0.1, 0.15) is 5.75 Å². The van der Waals surface area contributed by atoms with Gasteiger partial charge in [0.2, 0.25) is 0 Å². The van der Waals surface area contributed by atoms with Gasteiger partial charge < -0.3 is 9.84 Å². The summed E-state index contributed by atoms with van der Waals surface area (Å²) in [5.74, 6) is 0.135. The zero-order valence-electron chi connectivity index (χ0n) is 12.5. The number of rotatable bonds is 5. The van der Waals surface area contributed by atoms with Crippen LogP contribution in [0.2, 0.25) is 0 Å². The van der Waals surface area contributed by atoms with Crippen LogP contribution < -0.4 is 10.2 Å². The van der Waals surface area contributed by atoms with Crippen molar-refractivity contribution in [1.82, 2.24) is 5.43 Å². The van der Waals surface area contributed by atoms with Gasteiger partial charge >= 0.3 is 0 Å². The van der Waals surface area contributed by atoms with E-state index in [-0.39, 0.29) is 0 Å². The Bertz CT molecular complexity index is 669. The predicted octanol–water partition coefficient (Wildman–Crippen LogP) is 2.27. The molecule has 114 valence electrons. The molecule has 5 nitrogen and oxygen atoms in total. The number of methoxy groups -OCH3 is 1. The number of ether oxygens (including phenoxy) is 1. The Morgan fingerprint density at radius 2 is 1.91 bits per heavy atom. The smallest absolute Gasteiger partial charge is 0.273 e. The summed E-state index contributed by atoms with van der Waals surface area (Å²) in [4.78, 5) is 11.9. The molecule has 5 heteroatoms. The number of hydrogen-bond donors (Lipinski definition) is 2. The summed E-state index contributed by atoms with van der Waals surface area (Å²) in [6.07, 6.45) is -1.25. The van der Waals surface area contributed by atoms with Crippen LogP contribution in [0.3, 0.4) is 0 Å². The van der Waals surface area contributed by atoms with Crippen molar-refractivity contribution >= 4 is 11.6 Å². The maximum absolute atomic E-state index is 11.9. The van der Waals surface area contributed by atoms with Crippen molar-refractivity contribution in [3.63, 3.8) is 0 Å². The summed E-state index contributed by atoms with van der Waals surface area (Å²) >= 11 is 0. The Labute approximate surface area is 129 Å². The lowest BCUT2D eigenvalue weighted by molar-refractivity contribution is -0.129. The molecule has 2 rings (SSSR count). The lowest BCUT2D eigenvalue weighted by Gasteiger charge is -2.09. The molecule has 0 spiro atoms. The molecule has 1 atom stereocenters. The highest BCUT2D eigenvalue weighted by atomic mass is 16.5. The molecule has 1 amide bonds. The summed E-state index contributed by atoms with van der Waals surface area (Å²) in [5.41, 5.74) is 4.34. The van der Waals surface area contributed by atoms with Gasteiger partial charge in [-0.05, 0) is 24.6 Å². The van der Waals surface area contributed by atoms with E-state index in [9.17, 15) is 9.90 Å². The van der Waals surface area contributed by atoms with Crippen LogP contribution in [0.1, 0.15) is 24.2 Å². The van der Waals surface area contributed by atoms with Crippen LogP contribution in [0.25, 0.3) is 0 Å². The second-order valence-corrected chi connectivity index (χ2v) is 4.72. The molecule has 0 saturated heterocycles. The van der Waals surface area contributed by atoms with Crippen molar-refractivity contribution in [1.29, 1.82) is 0 Å². The fourth-order valence-corrected chi connectivity index (χ4v) is 1.90. The number of carbonyl (C=O) groups is 1. The highest BCUT2D eigenvalue weighted by Crippen LogP contribution is 2.14. The van der Waals surface area contributed by atoms with Gasteiger partial charge in [-0.2, -0.15) is 5.10 Å². The minimum atomic E-state index is -1.25. The summed E-state index contributed by atoms with van der Waals surface area (Å²) < 4.78 is 5.14. The number of hydrogen-bond acceptors (Lipinski definition) is 4. The van der Waals surface area contributed by atoms with Gasteiger partial charge in [0.15, 0.2) is 6.10 Å². The van der Waals surface area contributed by atoms with Crippen molar-refractivity contribution in [3.8, 4) is 5.75 Å². The number of aliphatic hydroxyl groups excluding tert-OH is 1. The molecule has 2 aromatic carbocycles. The van der Waals surface area contributed by atoms with Crippen LogP contribution in [0, 0.1) is 0 Å². The van der Waals surface area contributed by atoms with Crippen LogP contribution in [0.15, 0.2) is 59.7 Å². The van der Waals surface area contributed by atoms with E-state index in [0.29, 0.717) is 17.0 Å². The molecule has 0 bridgehead atoms. The molecular formula is C17H18N2O3. The van der Waals surface area contributed by atoms with Crippen LogP contribution in [-0.4, -0.2) is 23.8 Å². The molecule has 0 aliphatic rings. The van der Waals surface area contributed by atoms with E-state index < -0.39 is 12.0 Å². The maximum Gasteiger partial charge on any atom is 0.273 e. The Kier molecular flexibility index (Phi) is 5.27. The zero-order valence-corrected chi connectivity index (χ0v) is 12.5. The Morgan fingerprint density at radius 1 is 1.18 bits per heavy atom. The highest BCUT2D eigenvalue weighted by molar-refractivity contribution is 5.99. The lowest BCUT2D eigenvalue weighted by Crippen LogP contribution is -2.26. The quantitative estimate of drug-likeness (QED) is 0.657. The molecule has 2 aromatic rings. The summed E-state index contributed by atoms with van der Waals surface area (Å²) in [6, 6.07) is 16.1. The van der Waals surface area contributed by atoms with Crippen LogP contribution >= 0.6 is 0 Å². The number of amides is 1. The highest BCUT2D eigenvalue weighted by Gasteiger charge is 2.16. The molecule has 0 aliphatic carbocycles. The van der Waals surface area contributed by atoms with Crippen molar-refractivity contribution in [2.24, 2.45) is 5.10 Å². The average molecular weight is 298 g/mol. The minimum absolute atomic E-state index is 0.522. The van der Waals surface area contributed by atoms with E-state index in [2.05, 4.69) is 10.5 Å². The van der Waals surface area contributed by atoms with Gasteiger partial charge in [-0.3, -0.25) is 4.79 Å². The van der Waals surface area contributed by atoms with E-state index in [1.165, 1.54) is 0 Å². The van der Waals surface area contributed by atoms with Crippen molar-refractivity contribution in [3.05, 3.63) is 65.7 Å². The molecule has 2 N–H and O–H groups in total. The molecule has 0 saturated carbocycles. The third-order valence-electron chi connectivity index (χ3n) is 3.18. The minimum Gasteiger partial charge on any atom is -0.497 e. The molecule has 22 heavy (non-hydrogen) atoms. The molecular weight excluding hydrogens is 280 g/mol. The van der Waals surface area contributed by atoms with E-state index in [0.717, 1.165) is 5.56 Å². The Balaban J connectivity index is 2.05. The number of aliphatic hydroxyl groups is 1. The van der Waals surface area contributed by atoms with Crippen molar-refractivity contribution in [2.45, 2.75) is 13.0 Å². The van der Waals surface area contributed by atoms with Crippen molar-refractivity contribution < 1.29 is 14.6 Å². The first-order chi connectivity index (χ1) is 10.6.